The molecule has 0 fully saturated rings. The largest absolute Gasteiger partial charge is 0.310 e. The lowest BCUT2D eigenvalue weighted by atomic mass is 9.67. The van der Waals surface area contributed by atoms with E-state index in [0.717, 1.165) is 62.6 Å². The summed E-state index contributed by atoms with van der Waals surface area (Å²) in [5.74, 6) is 0.840. The molecule has 0 aromatic heterocycles. The van der Waals surface area contributed by atoms with Gasteiger partial charge in [0.05, 0.1) is 10.8 Å². The van der Waals surface area contributed by atoms with Crippen molar-refractivity contribution in [2.45, 2.75) is 103 Å². The molecule has 0 bridgehead atoms. The minimum absolute atomic E-state index is 0.189. The van der Waals surface area contributed by atoms with Gasteiger partial charge >= 0.3 is 0 Å². The van der Waals surface area contributed by atoms with Crippen LogP contribution in [0.15, 0.2) is 419 Å². The van der Waals surface area contributed by atoms with Crippen molar-refractivity contribution >= 4 is 111 Å². The number of benzene rings is 20. The lowest BCUT2D eigenvalue weighted by Crippen LogP contribution is -2.27. The van der Waals surface area contributed by atoms with Crippen LogP contribution in [0.2, 0.25) is 0 Å². The number of para-hydroxylation sites is 7. The van der Waals surface area contributed by atoms with E-state index >= 15 is 0 Å². The van der Waals surface area contributed by atoms with Gasteiger partial charge in [-0.05, 0) is 366 Å². The number of rotatable bonds is 18. The Balaban J connectivity index is 0.646. The molecular weight excluding hydrogens is 1590 g/mol. The van der Waals surface area contributed by atoms with E-state index in [1.165, 1.54) is 177 Å². The van der Waals surface area contributed by atoms with Crippen molar-refractivity contribution in [3.05, 3.63) is 502 Å². The second-order valence-corrected chi connectivity index (χ2v) is 38.1. The van der Waals surface area contributed by atoms with Crippen LogP contribution in [0.5, 0.6) is 0 Å². The Morgan fingerprint density at radius 1 is 0.197 bits per heavy atom. The van der Waals surface area contributed by atoms with E-state index in [1.54, 1.807) is 0 Å². The van der Waals surface area contributed by atoms with Crippen LogP contribution in [0.3, 0.4) is 0 Å². The first-order valence-corrected chi connectivity index (χ1v) is 47.3. The summed E-state index contributed by atoms with van der Waals surface area (Å²) in [5, 5.41) is 10.3. The van der Waals surface area contributed by atoms with Gasteiger partial charge < -0.3 is 19.6 Å². The van der Waals surface area contributed by atoms with Crippen LogP contribution in [0.1, 0.15) is 163 Å². The van der Waals surface area contributed by atoms with Crippen molar-refractivity contribution in [1.82, 2.24) is 0 Å². The van der Waals surface area contributed by atoms with Crippen LogP contribution in [0.25, 0.3) is 87.6 Å². The number of aryl methyl sites for hydroxylation is 1. The molecule has 4 aliphatic carbocycles. The minimum atomic E-state index is -0.663. The minimum Gasteiger partial charge on any atom is -0.310 e. The first-order chi connectivity index (χ1) is 64.7. The van der Waals surface area contributed by atoms with Crippen LogP contribution in [-0.2, 0) is 17.3 Å². The monoisotopic (exact) mass is 1690 g/mol. The summed E-state index contributed by atoms with van der Waals surface area (Å²) in [7, 11) is 0. The quantitative estimate of drug-likeness (QED) is 0.0849. The lowest BCUT2D eigenvalue weighted by molar-refractivity contribution is 0.806. The second-order valence-electron chi connectivity index (χ2n) is 38.1. The van der Waals surface area contributed by atoms with Crippen LogP contribution >= 0.6 is 0 Å². The maximum Gasteiger partial charge on any atom is 0.0737 e. The molecule has 4 heteroatoms. The molecule has 0 heterocycles. The van der Waals surface area contributed by atoms with Gasteiger partial charge in [-0.2, -0.15) is 0 Å². The Bertz CT molecular complexity index is 7890. The number of hydrogen-bond donors (Lipinski definition) is 0. The number of fused-ring (bicyclic) bond motifs is 28. The van der Waals surface area contributed by atoms with Crippen molar-refractivity contribution < 1.29 is 0 Å². The van der Waals surface area contributed by atoms with Crippen molar-refractivity contribution in [2.24, 2.45) is 0 Å². The van der Waals surface area contributed by atoms with E-state index in [9.17, 15) is 0 Å². The predicted octanol–water partition coefficient (Wildman–Crippen LogP) is 35.3. The molecule has 0 saturated carbocycles. The normalized spacial score (nSPS) is 13.2. The van der Waals surface area contributed by atoms with Gasteiger partial charge in [0.15, 0.2) is 0 Å². The fourth-order valence-corrected chi connectivity index (χ4v) is 23.8. The lowest BCUT2D eigenvalue weighted by Gasteiger charge is -2.34. The molecule has 634 valence electrons. The van der Waals surface area contributed by atoms with E-state index in [-0.39, 0.29) is 23.7 Å². The van der Waals surface area contributed by atoms with Gasteiger partial charge in [0.2, 0.25) is 0 Å². The van der Waals surface area contributed by atoms with E-state index in [1.807, 2.05) is 0 Å². The van der Waals surface area contributed by atoms with Gasteiger partial charge in [-0.3, -0.25) is 0 Å². The molecule has 0 amide bonds. The molecule has 0 N–H and O–H groups in total. The van der Waals surface area contributed by atoms with Crippen molar-refractivity contribution in [3.8, 4) is 44.5 Å². The average Bonchev–Trinajstić information content (AvgIpc) is 1.49. The molecule has 4 aliphatic rings. The predicted molar refractivity (Wildman–Crippen MR) is 558 cm³/mol. The zero-order valence-corrected chi connectivity index (χ0v) is 76.1. The van der Waals surface area contributed by atoms with Gasteiger partial charge in [0.25, 0.3) is 0 Å². The maximum absolute atomic E-state index is 2.62. The Kier molecular flexibility index (Phi) is 19.1. The Hall–Kier alpha value is -15.4. The number of anilines is 12. The topological polar surface area (TPSA) is 13.0 Å². The summed E-state index contributed by atoms with van der Waals surface area (Å²) in [6.07, 6.45) is 0.678. The fourth-order valence-electron chi connectivity index (χ4n) is 23.8. The molecule has 24 rings (SSSR count). The standard InChI is InChI=1S/C128H102N4/c1-80(2)105-76-113-114-77-106(81(3)4)110-73-94(63-67-102(110)124(114)127(117-56-31-27-52-97(117)98-53-28-32-57-118(98)127)123(113)101-66-62-93(72-109(101)105)129(87-41-15-10-16-42-87)88-43-17-11-18-44-88)130(89-45-19-12-20-46-89)92-51-37-39-85(71-92)70-86-40-26-36-61-122(86)132(91-49-23-14-24-50-91)96-65-69-104-112(75-96)108(83(7)8)79-116-115-78-107(82(5)6)111-74-95(131(90-47-21-13-22-48-90)121-60-35-25-38-84(121)9)64-68-103(111)125(115)128(126(104)116)119-58-33-29-54-99(119)100-55-30-34-59-120(100)128/h10-69,71-83H,70H2,1-9H3. The summed E-state index contributed by atoms with van der Waals surface area (Å²) in [6.45, 7) is 21.3. The summed E-state index contributed by atoms with van der Waals surface area (Å²) in [6, 6.07) is 160. The number of nitrogens with zero attached hydrogens (tertiary/aromatic N) is 4. The molecule has 2 spiro atoms. The van der Waals surface area contributed by atoms with Crippen molar-refractivity contribution in [2.75, 3.05) is 19.6 Å². The van der Waals surface area contributed by atoms with E-state index in [4.69, 9.17) is 0 Å². The summed E-state index contributed by atoms with van der Waals surface area (Å²) in [4.78, 5) is 9.90. The Labute approximate surface area is 775 Å². The van der Waals surface area contributed by atoms with Gasteiger partial charge in [0.1, 0.15) is 0 Å². The summed E-state index contributed by atoms with van der Waals surface area (Å²) in [5.41, 5.74) is 42.4. The van der Waals surface area contributed by atoms with Crippen LogP contribution < -0.4 is 19.6 Å². The van der Waals surface area contributed by atoms with Crippen LogP contribution in [-0.4, -0.2) is 0 Å². The highest BCUT2D eigenvalue weighted by Gasteiger charge is 2.56. The van der Waals surface area contributed by atoms with Gasteiger partial charge in [-0.25, -0.2) is 0 Å². The number of hydrogen-bond acceptors (Lipinski definition) is 4. The van der Waals surface area contributed by atoms with Crippen LogP contribution in [0, 0.1) is 6.92 Å². The SMILES string of the molecule is Cc1ccccc1N(c1ccccc1)c1ccc2c3c(cc(C(C)C)c2c1)-c1cc(C(C)C)c2cc(N(c4ccccc4)c4ccccc4Cc4cccc(N(c5ccccc5)c5ccc6c7c(cc(C(C)C)c6c5)-c5cc(C(C)C)c6cc(N(c8ccccc8)c8ccccc8)ccc6c5C75c6ccccc6-c6ccccc65)c4)ccc2c1C31c2ccccc2-c2ccccc21. The highest BCUT2D eigenvalue weighted by molar-refractivity contribution is 6.15. The zero-order chi connectivity index (χ0) is 88.9. The molecular formula is C128H102N4. The first kappa shape index (κ1) is 80.0. The highest BCUT2D eigenvalue weighted by atomic mass is 15.2. The summed E-state index contributed by atoms with van der Waals surface area (Å²) < 4.78 is 0. The molecule has 0 atom stereocenters. The van der Waals surface area contributed by atoms with E-state index < -0.39 is 10.8 Å². The van der Waals surface area contributed by atoms with Crippen molar-refractivity contribution in [1.29, 1.82) is 0 Å². The Morgan fingerprint density at radius 3 is 0.788 bits per heavy atom. The molecule has 4 nitrogen and oxygen atoms in total. The molecule has 20 aromatic rings. The van der Waals surface area contributed by atoms with Gasteiger partial charge in [-0.15, -0.1) is 0 Å². The molecule has 0 radical (unpaired) electrons. The molecule has 0 aliphatic heterocycles. The smallest absolute Gasteiger partial charge is 0.0737 e. The Morgan fingerprint density at radius 2 is 0.455 bits per heavy atom. The van der Waals surface area contributed by atoms with Crippen LogP contribution in [0.4, 0.5) is 68.2 Å². The molecule has 0 saturated heterocycles. The highest BCUT2D eigenvalue weighted by Crippen LogP contribution is 2.70. The van der Waals surface area contributed by atoms with E-state index in [0.29, 0.717) is 6.42 Å². The molecule has 0 unspecified atom stereocenters. The molecule has 20 aromatic carbocycles. The second kappa shape index (κ2) is 31.5. The third kappa shape index (κ3) is 12.2. The maximum atomic E-state index is 2.62. The fraction of sp³-hybridized carbons (Fsp3) is 0.125. The third-order valence-corrected chi connectivity index (χ3v) is 29.3. The summed E-state index contributed by atoms with van der Waals surface area (Å²) >= 11 is 0. The zero-order valence-electron chi connectivity index (χ0n) is 76.1. The van der Waals surface area contributed by atoms with E-state index in [2.05, 4.69) is 500 Å². The first-order valence-electron chi connectivity index (χ1n) is 47.3. The average molecular weight is 1700 g/mol. The molecule has 132 heavy (non-hydrogen) atoms. The third-order valence-electron chi connectivity index (χ3n) is 29.3. The van der Waals surface area contributed by atoms with Gasteiger partial charge in [-0.1, -0.05) is 316 Å². The van der Waals surface area contributed by atoms with Crippen molar-refractivity contribution in [3.63, 3.8) is 0 Å². The van der Waals surface area contributed by atoms with Gasteiger partial charge in [0, 0.05) is 68.2 Å².